The van der Waals surface area contributed by atoms with Gasteiger partial charge in [-0.1, -0.05) is 6.92 Å². The van der Waals surface area contributed by atoms with Crippen molar-refractivity contribution in [3.63, 3.8) is 0 Å². The highest BCUT2D eigenvalue weighted by Crippen LogP contribution is 2.36. The first-order valence-electron chi connectivity index (χ1n) is 6.17. The van der Waals surface area contributed by atoms with Crippen LogP contribution in [0, 0.1) is 28.7 Å². The fraction of sp³-hybridized carbons (Fsp3) is 0.500. The Kier molecular flexibility index (Phi) is 4.37. The molecule has 1 N–H and O–H groups in total. The molecule has 1 saturated heterocycles. The van der Waals surface area contributed by atoms with Gasteiger partial charge in [0.25, 0.3) is 0 Å². The molecule has 0 aliphatic carbocycles. The second kappa shape index (κ2) is 5.67. The van der Waals surface area contributed by atoms with Crippen LogP contribution in [-0.2, 0) is 14.9 Å². The van der Waals surface area contributed by atoms with Crippen LogP contribution in [0.4, 0.5) is 17.6 Å². The molecule has 0 unspecified atom stereocenters. The minimum atomic E-state index is -5.47. The number of halogens is 4. The summed E-state index contributed by atoms with van der Waals surface area (Å²) in [6.07, 6.45) is 0.546. The van der Waals surface area contributed by atoms with Crippen LogP contribution >= 0.6 is 0 Å². The monoisotopic (exact) mass is 344 g/mol. The average molecular weight is 344 g/mol. The highest BCUT2D eigenvalue weighted by Gasteiger charge is 2.39. The Labute approximate surface area is 123 Å². The van der Waals surface area contributed by atoms with Gasteiger partial charge in [0, 0.05) is 0 Å². The van der Waals surface area contributed by atoms with Crippen molar-refractivity contribution in [1.82, 2.24) is 0 Å². The molecule has 22 heavy (non-hydrogen) atoms. The fourth-order valence-electron chi connectivity index (χ4n) is 1.95. The maximum absolute atomic E-state index is 13.7. The molecule has 0 spiro atoms. The molecule has 0 amide bonds. The smallest absolute Gasteiger partial charge is 0.300 e. The summed E-state index contributed by atoms with van der Waals surface area (Å²) in [5.74, 6) is -9.92. The molecular formula is C12H12F4O5S. The topological polar surface area (TPSA) is 72.8 Å². The van der Waals surface area contributed by atoms with Crippen molar-refractivity contribution in [2.24, 2.45) is 5.41 Å². The van der Waals surface area contributed by atoms with Crippen LogP contribution in [0.25, 0.3) is 0 Å². The Morgan fingerprint density at radius 2 is 1.64 bits per heavy atom. The van der Waals surface area contributed by atoms with Gasteiger partial charge in [0.15, 0.2) is 22.3 Å². The Bertz CT molecular complexity index is 665. The molecule has 0 atom stereocenters. The largest absolute Gasteiger partial charge is 0.487 e. The summed E-state index contributed by atoms with van der Waals surface area (Å²) in [6, 6.07) is 0. The Hall–Kier alpha value is -1.39. The van der Waals surface area contributed by atoms with Gasteiger partial charge in [-0.2, -0.15) is 17.2 Å². The molecule has 0 radical (unpaired) electrons. The van der Waals surface area contributed by atoms with Crippen LogP contribution < -0.4 is 4.74 Å². The third-order valence-corrected chi connectivity index (χ3v) is 4.40. The number of benzene rings is 1. The lowest BCUT2D eigenvalue weighted by Crippen LogP contribution is -2.46. The van der Waals surface area contributed by atoms with E-state index in [0.717, 1.165) is 0 Å². The maximum atomic E-state index is 13.7. The van der Waals surface area contributed by atoms with Crippen molar-refractivity contribution >= 4 is 10.1 Å². The van der Waals surface area contributed by atoms with Crippen molar-refractivity contribution in [3.05, 3.63) is 23.3 Å². The summed E-state index contributed by atoms with van der Waals surface area (Å²) in [5.41, 5.74) is -0.520. The molecule has 1 fully saturated rings. The number of hydrogen-bond acceptors (Lipinski definition) is 4. The first-order valence-corrected chi connectivity index (χ1v) is 7.61. The van der Waals surface area contributed by atoms with Crippen LogP contribution in [0.3, 0.4) is 0 Å². The lowest BCUT2D eigenvalue weighted by Gasteiger charge is -2.40. The maximum Gasteiger partial charge on any atom is 0.300 e. The van der Waals surface area contributed by atoms with E-state index < -0.39 is 49.4 Å². The Balaban J connectivity index is 2.42. The van der Waals surface area contributed by atoms with Gasteiger partial charge < -0.3 is 9.47 Å². The quantitative estimate of drug-likeness (QED) is 0.504. The fourth-order valence-corrected chi connectivity index (χ4v) is 2.58. The molecule has 124 valence electrons. The van der Waals surface area contributed by atoms with Crippen LogP contribution in [-0.4, -0.2) is 32.8 Å². The first-order chi connectivity index (χ1) is 10.1. The molecule has 0 aromatic heterocycles. The van der Waals surface area contributed by atoms with Gasteiger partial charge in [-0.15, -0.1) is 0 Å². The summed E-state index contributed by atoms with van der Waals surface area (Å²) in [6.45, 7) is 2.05. The normalized spacial score (nSPS) is 17.2. The number of hydrogen-bond donors (Lipinski definition) is 1. The highest BCUT2D eigenvalue weighted by atomic mass is 32.2. The predicted molar refractivity (Wildman–Crippen MR) is 65.1 cm³/mol. The van der Waals surface area contributed by atoms with Crippen LogP contribution in [0.2, 0.25) is 0 Å². The summed E-state index contributed by atoms with van der Waals surface area (Å²) in [4.78, 5) is -2.09. The van der Waals surface area contributed by atoms with Crippen molar-refractivity contribution in [2.75, 3.05) is 19.8 Å². The zero-order valence-electron chi connectivity index (χ0n) is 11.3. The molecule has 1 aromatic rings. The summed E-state index contributed by atoms with van der Waals surface area (Å²) >= 11 is 0. The van der Waals surface area contributed by atoms with Gasteiger partial charge in [0.1, 0.15) is 0 Å². The van der Waals surface area contributed by atoms with E-state index in [1.54, 1.807) is 6.92 Å². The summed E-state index contributed by atoms with van der Waals surface area (Å²) < 4.78 is 94.6. The highest BCUT2D eigenvalue weighted by molar-refractivity contribution is 7.85. The molecule has 2 rings (SSSR count). The standard InChI is InChI=1S/C12H12F4O5S/c1-2-12(3-20-4-12)5-21-10-6(13)8(15)11(22(17,18)19)9(16)7(10)14/h2-5H2,1H3,(H,17,18,19). The predicted octanol–water partition coefficient (Wildman–Crippen LogP) is 2.30. The van der Waals surface area contributed by atoms with Gasteiger partial charge in [-0.05, 0) is 6.42 Å². The van der Waals surface area contributed by atoms with Crippen molar-refractivity contribution in [2.45, 2.75) is 18.2 Å². The molecule has 1 aromatic carbocycles. The molecule has 0 bridgehead atoms. The Morgan fingerprint density at radius 3 is 1.95 bits per heavy atom. The Morgan fingerprint density at radius 1 is 1.14 bits per heavy atom. The van der Waals surface area contributed by atoms with E-state index in [-0.39, 0.29) is 19.8 Å². The van der Waals surface area contributed by atoms with E-state index >= 15 is 0 Å². The SMILES string of the molecule is CCC1(COc2c(F)c(F)c(S(=O)(=O)O)c(F)c2F)COC1. The van der Waals surface area contributed by atoms with E-state index in [4.69, 9.17) is 14.0 Å². The number of ether oxygens (including phenoxy) is 2. The van der Waals surface area contributed by atoms with Gasteiger partial charge in [-0.3, -0.25) is 4.55 Å². The summed E-state index contributed by atoms with van der Waals surface area (Å²) in [5, 5.41) is 0. The zero-order valence-corrected chi connectivity index (χ0v) is 12.1. The second-order valence-electron chi connectivity index (χ2n) is 5.02. The molecule has 1 aliphatic heterocycles. The minimum Gasteiger partial charge on any atom is -0.487 e. The number of rotatable bonds is 5. The molecule has 1 aliphatic rings. The molecule has 0 saturated carbocycles. The van der Waals surface area contributed by atoms with Crippen molar-refractivity contribution in [3.8, 4) is 5.75 Å². The first kappa shape index (κ1) is 17.0. The van der Waals surface area contributed by atoms with E-state index in [0.29, 0.717) is 6.42 Å². The van der Waals surface area contributed by atoms with Gasteiger partial charge in [-0.25, -0.2) is 8.78 Å². The molecule has 5 nitrogen and oxygen atoms in total. The lowest BCUT2D eigenvalue weighted by atomic mass is 9.84. The lowest BCUT2D eigenvalue weighted by molar-refractivity contribution is -0.134. The third-order valence-electron chi connectivity index (χ3n) is 3.53. The van der Waals surface area contributed by atoms with Crippen LogP contribution in [0.5, 0.6) is 5.75 Å². The van der Waals surface area contributed by atoms with Crippen LogP contribution in [0.1, 0.15) is 13.3 Å². The van der Waals surface area contributed by atoms with Crippen molar-refractivity contribution < 1.29 is 40.0 Å². The van der Waals surface area contributed by atoms with E-state index in [2.05, 4.69) is 0 Å². The van der Waals surface area contributed by atoms with E-state index in [9.17, 15) is 26.0 Å². The average Bonchev–Trinajstić information content (AvgIpc) is 2.37. The van der Waals surface area contributed by atoms with Gasteiger partial charge in [0.05, 0.1) is 25.2 Å². The van der Waals surface area contributed by atoms with Crippen LogP contribution in [0.15, 0.2) is 4.90 Å². The second-order valence-corrected chi connectivity index (χ2v) is 6.38. The van der Waals surface area contributed by atoms with Gasteiger partial charge >= 0.3 is 10.1 Å². The van der Waals surface area contributed by atoms with E-state index in [1.807, 2.05) is 0 Å². The summed E-state index contributed by atoms with van der Waals surface area (Å²) in [7, 11) is -5.47. The molecule has 1 heterocycles. The third kappa shape index (κ3) is 2.77. The minimum absolute atomic E-state index is 0.262. The molecular weight excluding hydrogens is 332 g/mol. The van der Waals surface area contributed by atoms with Crippen molar-refractivity contribution in [1.29, 1.82) is 0 Å². The van der Waals surface area contributed by atoms with E-state index in [1.165, 1.54) is 0 Å². The molecule has 10 heteroatoms. The zero-order chi connectivity index (χ0) is 16.7. The van der Waals surface area contributed by atoms with Gasteiger partial charge in [0.2, 0.25) is 11.6 Å².